The molecule has 2 aromatic rings. The first kappa shape index (κ1) is 21.8. The van der Waals surface area contributed by atoms with Crippen molar-refractivity contribution in [1.82, 2.24) is 4.90 Å². The highest BCUT2D eigenvalue weighted by molar-refractivity contribution is 7.89. The Morgan fingerprint density at radius 3 is 2.29 bits per heavy atom. The maximum absolute atomic E-state index is 12.4. The third-order valence-electron chi connectivity index (χ3n) is 4.03. The van der Waals surface area contributed by atoms with Gasteiger partial charge in [0.25, 0.3) is 0 Å². The number of primary sulfonamides is 1. The van der Waals surface area contributed by atoms with Crippen LogP contribution in [0.2, 0.25) is 5.02 Å². The first-order valence-electron chi connectivity index (χ1n) is 8.26. The summed E-state index contributed by atoms with van der Waals surface area (Å²) in [7, 11) is -2.16. The van der Waals surface area contributed by atoms with Crippen LogP contribution in [0.4, 0.5) is 11.4 Å². The Bertz CT molecular complexity index is 964. The molecule has 0 fully saturated rings. The molecule has 2 amide bonds. The van der Waals surface area contributed by atoms with Gasteiger partial charge in [0.15, 0.2) is 0 Å². The van der Waals surface area contributed by atoms with Crippen LogP contribution in [0.15, 0.2) is 53.4 Å². The lowest BCUT2D eigenvalue weighted by Gasteiger charge is -2.23. The van der Waals surface area contributed by atoms with Crippen molar-refractivity contribution in [3.05, 3.63) is 53.6 Å². The van der Waals surface area contributed by atoms with Crippen molar-refractivity contribution in [2.45, 2.75) is 17.9 Å². The number of amides is 2. The molecule has 0 aliphatic rings. The molecule has 2 rings (SSSR count). The minimum Gasteiger partial charge on any atom is -0.325 e. The molecule has 0 saturated heterocycles. The summed E-state index contributed by atoms with van der Waals surface area (Å²) in [6, 6.07) is 11.7. The van der Waals surface area contributed by atoms with E-state index in [1.165, 1.54) is 24.3 Å². The van der Waals surface area contributed by atoms with Crippen LogP contribution in [-0.2, 0) is 19.6 Å². The molecule has 150 valence electrons. The second-order valence-corrected chi connectivity index (χ2v) is 8.15. The summed E-state index contributed by atoms with van der Waals surface area (Å²) in [4.78, 5) is 26.1. The van der Waals surface area contributed by atoms with Gasteiger partial charge in [-0.3, -0.25) is 14.5 Å². The molecule has 1 atom stereocenters. The number of anilines is 2. The Kier molecular flexibility index (Phi) is 7.14. The quantitative estimate of drug-likeness (QED) is 0.626. The molecule has 0 saturated carbocycles. The Labute approximate surface area is 168 Å². The van der Waals surface area contributed by atoms with Crippen LogP contribution in [0.1, 0.15) is 6.92 Å². The van der Waals surface area contributed by atoms with Crippen LogP contribution in [0, 0.1) is 0 Å². The van der Waals surface area contributed by atoms with Gasteiger partial charge in [0.05, 0.1) is 28.2 Å². The average Bonchev–Trinajstić information content (AvgIpc) is 2.62. The Morgan fingerprint density at radius 1 is 1.11 bits per heavy atom. The van der Waals surface area contributed by atoms with E-state index in [4.69, 9.17) is 16.7 Å². The van der Waals surface area contributed by atoms with Crippen molar-refractivity contribution in [2.75, 3.05) is 24.2 Å². The van der Waals surface area contributed by atoms with Gasteiger partial charge in [0.1, 0.15) is 0 Å². The first-order chi connectivity index (χ1) is 13.1. The Balaban J connectivity index is 1.93. The van der Waals surface area contributed by atoms with Crippen molar-refractivity contribution < 1.29 is 18.0 Å². The number of nitrogens with two attached hydrogens (primary N) is 1. The molecule has 10 heteroatoms. The largest absolute Gasteiger partial charge is 0.325 e. The lowest BCUT2D eigenvalue weighted by Crippen LogP contribution is -2.43. The Hall–Kier alpha value is -2.46. The zero-order valence-electron chi connectivity index (χ0n) is 15.3. The summed E-state index contributed by atoms with van der Waals surface area (Å²) in [6.07, 6.45) is 0. The zero-order valence-corrected chi connectivity index (χ0v) is 16.9. The van der Waals surface area contributed by atoms with Gasteiger partial charge >= 0.3 is 0 Å². The number of hydrogen-bond acceptors (Lipinski definition) is 5. The number of likely N-dealkylation sites (N-methyl/N-ethyl adjacent to an activating group) is 1. The number of hydrogen-bond donors (Lipinski definition) is 3. The van der Waals surface area contributed by atoms with Crippen LogP contribution < -0.4 is 15.8 Å². The molecular formula is C18H21ClN4O4S. The van der Waals surface area contributed by atoms with E-state index in [-0.39, 0.29) is 23.3 Å². The van der Waals surface area contributed by atoms with Gasteiger partial charge in [-0.25, -0.2) is 13.6 Å². The topological polar surface area (TPSA) is 122 Å². The van der Waals surface area contributed by atoms with Crippen molar-refractivity contribution in [3.63, 3.8) is 0 Å². The lowest BCUT2D eigenvalue weighted by molar-refractivity contribution is -0.122. The van der Waals surface area contributed by atoms with E-state index in [0.29, 0.717) is 16.4 Å². The fourth-order valence-corrected chi connectivity index (χ4v) is 2.99. The third kappa shape index (κ3) is 6.03. The molecule has 0 radical (unpaired) electrons. The number of nitrogens with zero attached hydrogens (tertiary/aromatic N) is 1. The molecule has 4 N–H and O–H groups in total. The van der Waals surface area contributed by atoms with Gasteiger partial charge in [-0.1, -0.05) is 23.7 Å². The second-order valence-electron chi connectivity index (χ2n) is 6.18. The van der Waals surface area contributed by atoms with Crippen molar-refractivity contribution in [2.24, 2.45) is 5.14 Å². The van der Waals surface area contributed by atoms with E-state index in [1.54, 1.807) is 43.1 Å². The van der Waals surface area contributed by atoms with Gasteiger partial charge in [-0.2, -0.15) is 0 Å². The summed E-state index contributed by atoms with van der Waals surface area (Å²) < 4.78 is 22.5. The zero-order chi connectivity index (χ0) is 20.9. The van der Waals surface area contributed by atoms with Crippen molar-refractivity contribution in [3.8, 4) is 0 Å². The van der Waals surface area contributed by atoms with Crippen molar-refractivity contribution in [1.29, 1.82) is 0 Å². The summed E-state index contributed by atoms with van der Waals surface area (Å²) in [6.45, 7) is 1.63. The minimum absolute atomic E-state index is 0.0236. The van der Waals surface area contributed by atoms with Gasteiger partial charge in [-0.15, -0.1) is 0 Å². The maximum Gasteiger partial charge on any atom is 0.241 e. The summed E-state index contributed by atoms with van der Waals surface area (Å²) in [5.41, 5.74) is 0.910. The van der Waals surface area contributed by atoms with Crippen LogP contribution >= 0.6 is 11.6 Å². The Morgan fingerprint density at radius 2 is 1.71 bits per heavy atom. The fourth-order valence-electron chi connectivity index (χ4n) is 2.29. The molecule has 28 heavy (non-hydrogen) atoms. The predicted octanol–water partition coefficient (Wildman–Crippen LogP) is 1.88. The van der Waals surface area contributed by atoms with Crippen LogP contribution in [0.3, 0.4) is 0 Å². The van der Waals surface area contributed by atoms with E-state index in [1.807, 2.05) is 0 Å². The molecule has 0 aliphatic carbocycles. The maximum atomic E-state index is 12.4. The summed E-state index contributed by atoms with van der Waals surface area (Å²) in [5.74, 6) is -0.663. The van der Waals surface area contributed by atoms with Gasteiger partial charge in [0, 0.05) is 5.69 Å². The second kappa shape index (κ2) is 9.16. The molecule has 8 nitrogen and oxygen atoms in total. The summed E-state index contributed by atoms with van der Waals surface area (Å²) in [5, 5.41) is 10.8. The number of para-hydroxylation sites is 1. The standard InChI is InChI=1S/C18H21ClN4O4S/c1-12(18(25)21-13-7-9-14(10-8-13)28(20,26)27)23(2)11-17(24)22-16-6-4-3-5-15(16)19/h3-10,12H,11H2,1-2H3,(H,21,25)(H,22,24)(H2,20,26,27)/t12-/m0/s1. The molecule has 0 heterocycles. The average molecular weight is 425 g/mol. The van der Waals surface area contributed by atoms with Gasteiger partial charge < -0.3 is 10.6 Å². The van der Waals surface area contributed by atoms with Crippen LogP contribution in [0.25, 0.3) is 0 Å². The number of carbonyl (C=O) groups excluding carboxylic acids is 2. The number of halogens is 1. The SMILES string of the molecule is C[C@@H](C(=O)Nc1ccc(S(N)(=O)=O)cc1)N(C)CC(=O)Nc1ccccc1Cl. The van der Waals surface area contributed by atoms with E-state index >= 15 is 0 Å². The first-order valence-corrected chi connectivity index (χ1v) is 10.2. The highest BCUT2D eigenvalue weighted by Crippen LogP contribution is 2.20. The molecule has 0 aliphatic heterocycles. The highest BCUT2D eigenvalue weighted by atomic mass is 35.5. The number of rotatable bonds is 7. The predicted molar refractivity (Wildman–Crippen MR) is 109 cm³/mol. The van der Waals surface area contributed by atoms with Gasteiger partial charge in [0.2, 0.25) is 21.8 Å². The van der Waals surface area contributed by atoms with Gasteiger partial charge in [-0.05, 0) is 50.4 Å². The normalized spacial score (nSPS) is 12.5. The molecular weight excluding hydrogens is 404 g/mol. The molecule has 0 unspecified atom stereocenters. The van der Waals surface area contributed by atoms with E-state index in [0.717, 1.165) is 0 Å². The molecule has 0 spiro atoms. The molecule has 0 aromatic heterocycles. The number of carbonyl (C=O) groups is 2. The van der Waals surface area contributed by atoms with Crippen LogP contribution in [0.5, 0.6) is 0 Å². The monoisotopic (exact) mass is 424 g/mol. The smallest absolute Gasteiger partial charge is 0.241 e. The van der Waals surface area contributed by atoms with E-state index < -0.39 is 16.1 Å². The number of benzene rings is 2. The van der Waals surface area contributed by atoms with Crippen molar-refractivity contribution >= 4 is 44.8 Å². The molecule has 2 aromatic carbocycles. The minimum atomic E-state index is -3.80. The number of nitrogens with one attached hydrogen (secondary N) is 2. The van der Waals surface area contributed by atoms with Crippen LogP contribution in [-0.4, -0.2) is 44.8 Å². The molecule has 0 bridgehead atoms. The fraction of sp³-hybridized carbons (Fsp3) is 0.222. The van der Waals surface area contributed by atoms with E-state index in [9.17, 15) is 18.0 Å². The number of sulfonamides is 1. The highest BCUT2D eigenvalue weighted by Gasteiger charge is 2.21. The summed E-state index contributed by atoms with van der Waals surface area (Å²) >= 11 is 6.01. The third-order valence-corrected chi connectivity index (χ3v) is 5.29. The lowest BCUT2D eigenvalue weighted by atomic mass is 10.2. The van der Waals surface area contributed by atoms with E-state index in [2.05, 4.69) is 10.6 Å².